The van der Waals surface area contributed by atoms with Crippen LogP contribution >= 0.6 is 11.6 Å². The van der Waals surface area contributed by atoms with Crippen molar-refractivity contribution < 1.29 is 0 Å². The first-order chi connectivity index (χ1) is 5.58. The lowest BCUT2D eigenvalue weighted by atomic mass is 9.85. The van der Waals surface area contributed by atoms with Gasteiger partial charge in [-0.15, -0.1) is 0 Å². The number of pyridine rings is 1. The monoisotopic (exact) mass is 184 g/mol. The predicted molar refractivity (Wildman–Crippen MR) is 51.3 cm³/mol. The van der Waals surface area contributed by atoms with Gasteiger partial charge in [0.25, 0.3) is 0 Å². The highest BCUT2D eigenvalue weighted by Gasteiger charge is 2.20. The summed E-state index contributed by atoms with van der Waals surface area (Å²) >= 11 is 5.97. The van der Waals surface area contributed by atoms with Gasteiger partial charge in [0, 0.05) is 24.4 Å². The minimum absolute atomic E-state index is 0.0694. The van der Waals surface area contributed by atoms with Crippen LogP contribution in [0.5, 0.6) is 0 Å². The molecule has 0 aliphatic carbocycles. The van der Waals surface area contributed by atoms with E-state index in [2.05, 4.69) is 18.8 Å². The van der Waals surface area contributed by atoms with Crippen LogP contribution in [0.4, 0.5) is 0 Å². The first-order valence-electron chi connectivity index (χ1n) is 3.88. The molecule has 2 N–H and O–H groups in total. The first kappa shape index (κ1) is 9.49. The maximum Gasteiger partial charge on any atom is 0.0627 e. The average Bonchev–Trinajstić information content (AvgIpc) is 2.05. The zero-order chi connectivity index (χ0) is 9.19. The molecule has 66 valence electrons. The normalized spacial score (nSPS) is 11.7. The summed E-state index contributed by atoms with van der Waals surface area (Å²) in [6.45, 7) is 4.71. The second kappa shape index (κ2) is 3.42. The van der Waals surface area contributed by atoms with Crippen molar-refractivity contribution in [2.75, 3.05) is 6.54 Å². The fraction of sp³-hybridized carbons (Fsp3) is 0.444. The number of nitrogens with two attached hydrogens (primary N) is 1. The Labute approximate surface area is 77.8 Å². The van der Waals surface area contributed by atoms with Crippen LogP contribution in [0.3, 0.4) is 0 Å². The molecule has 1 aromatic heterocycles. The molecule has 1 heterocycles. The van der Waals surface area contributed by atoms with Crippen molar-refractivity contribution in [3.63, 3.8) is 0 Å². The Morgan fingerprint density at radius 3 is 2.75 bits per heavy atom. The summed E-state index contributed by atoms with van der Waals surface area (Å²) in [6, 6.07) is 1.91. The Balaban J connectivity index is 3.10. The van der Waals surface area contributed by atoms with Crippen molar-refractivity contribution in [1.82, 2.24) is 4.98 Å². The summed E-state index contributed by atoms with van der Waals surface area (Å²) in [7, 11) is 0. The summed E-state index contributed by atoms with van der Waals surface area (Å²) in [6.07, 6.45) is 3.38. The number of hydrogen-bond acceptors (Lipinski definition) is 2. The standard InChI is InChI=1S/C9H13ClN2/c1-9(2,6-11)7-3-4-12-5-8(7)10/h3-5H,6,11H2,1-2H3. The average molecular weight is 185 g/mol. The highest BCUT2D eigenvalue weighted by molar-refractivity contribution is 6.31. The van der Waals surface area contributed by atoms with E-state index in [9.17, 15) is 0 Å². The molecule has 2 nitrogen and oxygen atoms in total. The quantitative estimate of drug-likeness (QED) is 0.764. The molecule has 1 rings (SSSR count). The number of aromatic nitrogens is 1. The molecule has 0 atom stereocenters. The zero-order valence-corrected chi connectivity index (χ0v) is 8.10. The maximum absolute atomic E-state index is 5.97. The van der Waals surface area contributed by atoms with Crippen LogP contribution in [-0.2, 0) is 5.41 Å². The van der Waals surface area contributed by atoms with Gasteiger partial charge in [-0.25, -0.2) is 0 Å². The van der Waals surface area contributed by atoms with Gasteiger partial charge in [0.15, 0.2) is 0 Å². The van der Waals surface area contributed by atoms with E-state index < -0.39 is 0 Å². The van der Waals surface area contributed by atoms with E-state index >= 15 is 0 Å². The number of hydrogen-bond donors (Lipinski definition) is 1. The number of nitrogens with zero attached hydrogens (tertiary/aromatic N) is 1. The molecule has 0 saturated heterocycles. The van der Waals surface area contributed by atoms with Gasteiger partial charge in [-0.2, -0.15) is 0 Å². The number of halogens is 1. The summed E-state index contributed by atoms with van der Waals surface area (Å²) in [5.74, 6) is 0. The molecule has 0 fully saturated rings. The van der Waals surface area contributed by atoms with Gasteiger partial charge in [0.05, 0.1) is 5.02 Å². The third-order valence-corrected chi connectivity index (χ3v) is 2.31. The van der Waals surface area contributed by atoms with Gasteiger partial charge in [-0.3, -0.25) is 4.98 Å². The molecule has 0 spiro atoms. The van der Waals surface area contributed by atoms with Crippen LogP contribution in [0, 0.1) is 0 Å². The Morgan fingerprint density at radius 2 is 2.25 bits per heavy atom. The molecule has 12 heavy (non-hydrogen) atoms. The molecule has 1 aromatic rings. The summed E-state index contributed by atoms with van der Waals surface area (Å²) in [5.41, 5.74) is 6.62. The summed E-state index contributed by atoms with van der Waals surface area (Å²) in [5, 5.41) is 0.688. The van der Waals surface area contributed by atoms with E-state index in [0.717, 1.165) is 5.56 Å². The lowest BCUT2D eigenvalue weighted by Crippen LogP contribution is -2.28. The van der Waals surface area contributed by atoms with Crippen LogP contribution in [0.1, 0.15) is 19.4 Å². The zero-order valence-electron chi connectivity index (χ0n) is 7.34. The largest absolute Gasteiger partial charge is 0.330 e. The van der Waals surface area contributed by atoms with Crippen LogP contribution < -0.4 is 5.73 Å². The smallest absolute Gasteiger partial charge is 0.0627 e. The fourth-order valence-electron chi connectivity index (χ4n) is 1.03. The molecular weight excluding hydrogens is 172 g/mol. The molecule has 0 bridgehead atoms. The molecule has 3 heteroatoms. The minimum atomic E-state index is -0.0694. The molecule has 0 radical (unpaired) electrons. The van der Waals surface area contributed by atoms with E-state index in [-0.39, 0.29) is 5.41 Å². The Bertz CT molecular complexity index is 271. The van der Waals surface area contributed by atoms with Gasteiger partial charge in [-0.05, 0) is 11.6 Å². The van der Waals surface area contributed by atoms with Crippen LogP contribution in [0.15, 0.2) is 18.5 Å². The van der Waals surface area contributed by atoms with Crippen molar-refractivity contribution in [2.45, 2.75) is 19.3 Å². The molecule has 0 aromatic carbocycles. The van der Waals surface area contributed by atoms with E-state index in [4.69, 9.17) is 17.3 Å². The lowest BCUT2D eigenvalue weighted by Gasteiger charge is -2.23. The van der Waals surface area contributed by atoms with Gasteiger partial charge >= 0.3 is 0 Å². The SMILES string of the molecule is CC(C)(CN)c1ccncc1Cl. The fourth-order valence-corrected chi connectivity index (χ4v) is 1.41. The topological polar surface area (TPSA) is 38.9 Å². The summed E-state index contributed by atoms with van der Waals surface area (Å²) < 4.78 is 0. The summed E-state index contributed by atoms with van der Waals surface area (Å²) in [4.78, 5) is 3.92. The minimum Gasteiger partial charge on any atom is -0.330 e. The Kier molecular flexibility index (Phi) is 2.70. The lowest BCUT2D eigenvalue weighted by molar-refractivity contribution is 0.538. The second-order valence-electron chi connectivity index (χ2n) is 3.44. The van der Waals surface area contributed by atoms with Crippen molar-refractivity contribution >= 4 is 11.6 Å². The van der Waals surface area contributed by atoms with E-state index in [1.165, 1.54) is 0 Å². The maximum atomic E-state index is 5.97. The van der Waals surface area contributed by atoms with Gasteiger partial charge in [-0.1, -0.05) is 25.4 Å². The van der Waals surface area contributed by atoms with E-state index in [1.54, 1.807) is 12.4 Å². The molecule has 0 amide bonds. The predicted octanol–water partition coefficient (Wildman–Crippen LogP) is 1.97. The van der Waals surface area contributed by atoms with Crippen molar-refractivity contribution in [2.24, 2.45) is 5.73 Å². The van der Waals surface area contributed by atoms with Gasteiger partial charge in [0.1, 0.15) is 0 Å². The van der Waals surface area contributed by atoms with Crippen LogP contribution in [0.2, 0.25) is 5.02 Å². The van der Waals surface area contributed by atoms with Crippen LogP contribution in [-0.4, -0.2) is 11.5 Å². The Morgan fingerprint density at radius 1 is 1.58 bits per heavy atom. The molecule has 0 saturated carbocycles. The second-order valence-corrected chi connectivity index (χ2v) is 3.85. The van der Waals surface area contributed by atoms with E-state index in [0.29, 0.717) is 11.6 Å². The first-order valence-corrected chi connectivity index (χ1v) is 4.26. The van der Waals surface area contributed by atoms with Crippen molar-refractivity contribution in [1.29, 1.82) is 0 Å². The van der Waals surface area contributed by atoms with E-state index in [1.807, 2.05) is 6.07 Å². The highest BCUT2D eigenvalue weighted by Crippen LogP contribution is 2.27. The van der Waals surface area contributed by atoms with Gasteiger partial charge < -0.3 is 5.73 Å². The third-order valence-electron chi connectivity index (χ3n) is 2.01. The molecule has 0 aliphatic rings. The highest BCUT2D eigenvalue weighted by atomic mass is 35.5. The third kappa shape index (κ3) is 1.76. The van der Waals surface area contributed by atoms with Crippen molar-refractivity contribution in [3.05, 3.63) is 29.0 Å². The molecular formula is C9H13ClN2. The Hall–Kier alpha value is -0.600. The van der Waals surface area contributed by atoms with Crippen LogP contribution in [0.25, 0.3) is 0 Å². The number of rotatable bonds is 2. The van der Waals surface area contributed by atoms with Crippen molar-refractivity contribution in [3.8, 4) is 0 Å². The molecule has 0 unspecified atom stereocenters. The van der Waals surface area contributed by atoms with Gasteiger partial charge in [0.2, 0.25) is 0 Å². The molecule has 0 aliphatic heterocycles.